The molecule has 5 heteroatoms. The van der Waals surface area contributed by atoms with Gasteiger partial charge < -0.3 is 11.1 Å². The van der Waals surface area contributed by atoms with E-state index < -0.39 is 23.1 Å². The zero-order valence-electron chi connectivity index (χ0n) is 8.76. The van der Waals surface area contributed by atoms with Crippen molar-refractivity contribution in [1.29, 1.82) is 0 Å². The Hall–Kier alpha value is -1.91. The second kappa shape index (κ2) is 4.74. The number of benzene rings is 1. The fourth-order valence-corrected chi connectivity index (χ4v) is 1.11. The zero-order valence-corrected chi connectivity index (χ0v) is 8.76. The van der Waals surface area contributed by atoms with E-state index in [0.29, 0.717) is 0 Å². The normalized spacial score (nSPS) is 11.9. The van der Waals surface area contributed by atoms with Crippen LogP contribution < -0.4 is 11.1 Å². The Morgan fingerprint density at radius 3 is 2.75 bits per heavy atom. The molecule has 0 saturated heterocycles. The molecule has 0 fully saturated rings. The molecule has 0 heterocycles. The van der Waals surface area contributed by atoms with E-state index in [1.54, 1.807) is 6.92 Å². The van der Waals surface area contributed by atoms with Crippen molar-refractivity contribution in [1.82, 2.24) is 5.32 Å². The second-order valence-corrected chi connectivity index (χ2v) is 3.32. The van der Waals surface area contributed by atoms with Gasteiger partial charge in [0.05, 0.1) is 5.69 Å². The molecular weight excluding hydrogens is 214 g/mol. The lowest BCUT2D eigenvalue weighted by Gasteiger charge is -2.11. The molecule has 1 aromatic carbocycles. The van der Waals surface area contributed by atoms with Gasteiger partial charge in [0, 0.05) is 6.04 Å². The molecular formula is C11H12F2N2O. The lowest BCUT2D eigenvalue weighted by molar-refractivity contribution is 0.0938. The van der Waals surface area contributed by atoms with Crippen LogP contribution in [0, 0.1) is 11.6 Å². The van der Waals surface area contributed by atoms with Crippen molar-refractivity contribution in [3.05, 3.63) is 42.0 Å². The van der Waals surface area contributed by atoms with Crippen LogP contribution in [-0.2, 0) is 0 Å². The van der Waals surface area contributed by atoms with Crippen molar-refractivity contribution < 1.29 is 13.6 Å². The number of anilines is 1. The molecule has 1 rings (SSSR count). The summed E-state index contributed by atoms with van der Waals surface area (Å²) in [4.78, 5) is 11.5. The topological polar surface area (TPSA) is 55.1 Å². The molecule has 0 spiro atoms. The largest absolute Gasteiger partial charge is 0.396 e. The van der Waals surface area contributed by atoms with Crippen molar-refractivity contribution in [2.45, 2.75) is 13.0 Å². The molecule has 3 nitrogen and oxygen atoms in total. The molecule has 1 atom stereocenters. The number of carbonyl (C=O) groups is 1. The first-order valence-electron chi connectivity index (χ1n) is 4.64. The Kier molecular flexibility index (Phi) is 3.60. The lowest BCUT2D eigenvalue weighted by atomic mass is 10.1. The van der Waals surface area contributed by atoms with E-state index >= 15 is 0 Å². The fourth-order valence-electron chi connectivity index (χ4n) is 1.11. The fraction of sp³-hybridized carbons (Fsp3) is 0.182. The molecule has 0 bridgehead atoms. The molecule has 16 heavy (non-hydrogen) atoms. The van der Waals surface area contributed by atoms with E-state index in [9.17, 15) is 13.6 Å². The maximum atomic E-state index is 13.4. The number of amides is 1. The molecule has 0 saturated carbocycles. The van der Waals surface area contributed by atoms with Gasteiger partial charge in [-0.15, -0.1) is 6.58 Å². The van der Waals surface area contributed by atoms with Crippen molar-refractivity contribution in [3.8, 4) is 0 Å². The molecule has 0 aliphatic rings. The molecule has 0 radical (unpaired) electrons. The minimum atomic E-state index is -1.05. The Balaban J connectivity index is 3.08. The minimum Gasteiger partial charge on any atom is -0.396 e. The van der Waals surface area contributed by atoms with Crippen LogP contribution in [0.3, 0.4) is 0 Å². The number of nitrogens with one attached hydrogen (secondary N) is 1. The van der Waals surface area contributed by atoms with Gasteiger partial charge in [0.1, 0.15) is 11.4 Å². The lowest BCUT2D eigenvalue weighted by Crippen LogP contribution is -2.32. The predicted molar refractivity (Wildman–Crippen MR) is 57.9 cm³/mol. The zero-order chi connectivity index (χ0) is 12.3. The highest BCUT2D eigenvalue weighted by molar-refractivity contribution is 5.96. The van der Waals surface area contributed by atoms with Gasteiger partial charge in [-0.3, -0.25) is 4.79 Å². The Morgan fingerprint density at radius 2 is 2.19 bits per heavy atom. The van der Waals surface area contributed by atoms with Crippen LogP contribution in [0.2, 0.25) is 0 Å². The molecule has 0 aromatic heterocycles. The first-order chi connectivity index (χ1) is 7.47. The summed E-state index contributed by atoms with van der Waals surface area (Å²) in [7, 11) is 0. The first kappa shape index (κ1) is 12.2. The average molecular weight is 226 g/mol. The van der Waals surface area contributed by atoms with Crippen LogP contribution in [0.1, 0.15) is 17.3 Å². The van der Waals surface area contributed by atoms with Gasteiger partial charge in [-0.05, 0) is 19.1 Å². The van der Waals surface area contributed by atoms with E-state index in [2.05, 4.69) is 11.9 Å². The average Bonchev–Trinajstić information content (AvgIpc) is 2.24. The number of halogens is 2. The van der Waals surface area contributed by atoms with E-state index in [1.165, 1.54) is 6.08 Å². The summed E-state index contributed by atoms with van der Waals surface area (Å²) in [5.74, 6) is -2.84. The molecule has 0 aliphatic carbocycles. The quantitative estimate of drug-likeness (QED) is 0.610. The Labute approximate surface area is 91.9 Å². The Bertz CT molecular complexity index is 432. The molecule has 0 aliphatic heterocycles. The van der Waals surface area contributed by atoms with Crippen molar-refractivity contribution in [2.75, 3.05) is 5.73 Å². The number of nitrogens with two attached hydrogens (primary N) is 1. The smallest absolute Gasteiger partial charge is 0.257 e. The van der Waals surface area contributed by atoms with Crippen LogP contribution in [0.4, 0.5) is 14.5 Å². The highest BCUT2D eigenvalue weighted by atomic mass is 19.1. The summed E-state index contributed by atoms with van der Waals surface area (Å²) < 4.78 is 26.7. The van der Waals surface area contributed by atoms with E-state index in [0.717, 1.165) is 12.1 Å². The molecule has 1 aromatic rings. The summed E-state index contributed by atoms with van der Waals surface area (Å²) >= 11 is 0. The van der Waals surface area contributed by atoms with Crippen LogP contribution >= 0.6 is 0 Å². The second-order valence-electron chi connectivity index (χ2n) is 3.32. The van der Waals surface area contributed by atoms with Crippen molar-refractivity contribution >= 4 is 11.6 Å². The summed E-state index contributed by atoms with van der Waals surface area (Å²) in [6.07, 6.45) is 1.44. The predicted octanol–water partition coefficient (Wildman–Crippen LogP) is 1.85. The first-order valence-corrected chi connectivity index (χ1v) is 4.64. The van der Waals surface area contributed by atoms with E-state index in [1.807, 2.05) is 0 Å². The third kappa shape index (κ3) is 2.36. The number of nitrogen functional groups attached to an aromatic ring is 1. The highest BCUT2D eigenvalue weighted by Crippen LogP contribution is 2.18. The third-order valence-electron chi connectivity index (χ3n) is 2.06. The Morgan fingerprint density at radius 1 is 1.56 bits per heavy atom. The van der Waals surface area contributed by atoms with Gasteiger partial charge in [-0.25, -0.2) is 8.78 Å². The van der Waals surface area contributed by atoms with Crippen LogP contribution in [0.15, 0.2) is 24.8 Å². The van der Waals surface area contributed by atoms with Gasteiger partial charge in [0.2, 0.25) is 0 Å². The van der Waals surface area contributed by atoms with Gasteiger partial charge in [0.25, 0.3) is 5.91 Å². The van der Waals surface area contributed by atoms with E-state index in [4.69, 9.17) is 5.73 Å². The maximum absolute atomic E-state index is 13.4. The van der Waals surface area contributed by atoms with Gasteiger partial charge in [0.15, 0.2) is 5.82 Å². The molecule has 3 N–H and O–H groups in total. The third-order valence-corrected chi connectivity index (χ3v) is 2.06. The maximum Gasteiger partial charge on any atom is 0.257 e. The summed E-state index contributed by atoms with van der Waals surface area (Å²) in [6, 6.07) is 1.64. The summed E-state index contributed by atoms with van der Waals surface area (Å²) in [5, 5.41) is 2.36. The van der Waals surface area contributed by atoms with Gasteiger partial charge in [-0.1, -0.05) is 6.08 Å². The van der Waals surface area contributed by atoms with E-state index in [-0.39, 0.29) is 11.7 Å². The number of hydrogen-bond donors (Lipinski definition) is 2. The number of rotatable bonds is 3. The SMILES string of the molecule is C=CC(C)NC(=O)c1c(F)ccc(N)c1F. The van der Waals surface area contributed by atoms with Crippen LogP contribution in [-0.4, -0.2) is 11.9 Å². The molecule has 86 valence electrons. The van der Waals surface area contributed by atoms with Crippen LogP contribution in [0.25, 0.3) is 0 Å². The molecule has 1 unspecified atom stereocenters. The number of hydrogen-bond acceptors (Lipinski definition) is 2. The summed E-state index contributed by atoms with van der Waals surface area (Å²) in [5.41, 5.74) is 4.31. The highest BCUT2D eigenvalue weighted by Gasteiger charge is 2.19. The van der Waals surface area contributed by atoms with Gasteiger partial charge >= 0.3 is 0 Å². The van der Waals surface area contributed by atoms with Crippen LogP contribution in [0.5, 0.6) is 0 Å². The minimum absolute atomic E-state index is 0.266. The summed E-state index contributed by atoms with van der Waals surface area (Å²) in [6.45, 7) is 5.07. The van der Waals surface area contributed by atoms with Crippen molar-refractivity contribution in [3.63, 3.8) is 0 Å². The standard InChI is InChI=1S/C11H12F2N2O/c1-3-6(2)15-11(16)9-7(12)4-5-8(14)10(9)13/h3-6H,1,14H2,2H3,(H,15,16). The van der Waals surface area contributed by atoms with Gasteiger partial charge in [-0.2, -0.15) is 0 Å². The monoisotopic (exact) mass is 226 g/mol. The molecule has 1 amide bonds. The van der Waals surface area contributed by atoms with Crippen molar-refractivity contribution in [2.24, 2.45) is 0 Å². The number of carbonyl (C=O) groups excluding carboxylic acids is 1.